The standard InChI is InChI=1S/C15H13N3O3/c19-6-4-10-7-11(9-12(20)8-10)15-17-14(18-21-15)13-3-1-2-5-16-13/h1-3,5,7-9,19-20H,4,6H2. The lowest BCUT2D eigenvalue weighted by Crippen LogP contribution is -1.91. The van der Waals surface area contributed by atoms with Crippen LogP contribution in [0.25, 0.3) is 23.0 Å². The van der Waals surface area contributed by atoms with Gasteiger partial charge in [0.05, 0.1) is 0 Å². The minimum Gasteiger partial charge on any atom is -0.508 e. The number of aliphatic hydroxyl groups excluding tert-OH is 1. The van der Waals surface area contributed by atoms with E-state index in [4.69, 9.17) is 9.63 Å². The van der Waals surface area contributed by atoms with Crippen LogP contribution in [0.2, 0.25) is 0 Å². The van der Waals surface area contributed by atoms with Gasteiger partial charge in [0.25, 0.3) is 5.89 Å². The predicted octanol–water partition coefficient (Wildman–Crippen LogP) is 2.04. The van der Waals surface area contributed by atoms with Crippen molar-refractivity contribution in [2.24, 2.45) is 0 Å². The number of nitrogens with zero attached hydrogens (tertiary/aromatic N) is 3. The normalized spacial score (nSPS) is 10.7. The minimum absolute atomic E-state index is 0.00587. The first-order valence-electron chi connectivity index (χ1n) is 6.45. The van der Waals surface area contributed by atoms with E-state index in [1.807, 2.05) is 6.07 Å². The first kappa shape index (κ1) is 13.3. The Hall–Kier alpha value is -2.73. The average Bonchev–Trinajstić information content (AvgIpc) is 2.98. The lowest BCUT2D eigenvalue weighted by atomic mass is 10.1. The molecule has 0 atom stereocenters. The van der Waals surface area contributed by atoms with Crippen molar-refractivity contribution in [3.05, 3.63) is 48.2 Å². The second-order valence-electron chi connectivity index (χ2n) is 4.50. The van der Waals surface area contributed by atoms with Crippen LogP contribution in [0.5, 0.6) is 5.75 Å². The highest BCUT2D eigenvalue weighted by Crippen LogP contribution is 2.26. The first-order valence-corrected chi connectivity index (χ1v) is 6.45. The Bertz CT molecular complexity index is 741. The SMILES string of the molecule is OCCc1cc(O)cc(-c2nc(-c3ccccn3)no2)c1. The van der Waals surface area contributed by atoms with E-state index in [2.05, 4.69) is 15.1 Å². The molecule has 0 amide bonds. The Morgan fingerprint density at radius 2 is 2.05 bits per heavy atom. The maximum atomic E-state index is 9.72. The lowest BCUT2D eigenvalue weighted by Gasteiger charge is -2.02. The van der Waals surface area contributed by atoms with Crippen molar-refractivity contribution in [3.8, 4) is 28.7 Å². The molecule has 0 aliphatic carbocycles. The number of aromatic hydroxyl groups is 1. The van der Waals surface area contributed by atoms with Crippen molar-refractivity contribution < 1.29 is 14.7 Å². The van der Waals surface area contributed by atoms with Gasteiger partial charge in [0.1, 0.15) is 11.4 Å². The Kier molecular flexibility index (Phi) is 3.61. The number of phenolic OH excluding ortho intramolecular Hbond substituents is 1. The fourth-order valence-electron chi connectivity index (χ4n) is 2.01. The summed E-state index contributed by atoms with van der Waals surface area (Å²) in [7, 11) is 0. The van der Waals surface area contributed by atoms with Crippen LogP contribution in [0.4, 0.5) is 0 Å². The Labute approximate surface area is 120 Å². The number of aromatic nitrogens is 3. The maximum Gasteiger partial charge on any atom is 0.258 e. The quantitative estimate of drug-likeness (QED) is 0.761. The van der Waals surface area contributed by atoms with Crippen molar-refractivity contribution in [2.75, 3.05) is 6.61 Å². The zero-order valence-corrected chi connectivity index (χ0v) is 11.1. The summed E-state index contributed by atoms with van der Waals surface area (Å²) in [4.78, 5) is 8.43. The molecule has 0 saturated carbocycles. The van der Waals surface area contributed by atoms with Gasteiger partial charge in [-0.2, -0.15) is 4.98 Å². The Morgan fingerprint density at radius 1 is 1.14 bits per heavy atom. The van der Waals surface area contributed by atoms with Crippen LogP contribution in [0.15, 0.2) is 47.1 Å². The summed E-state index contributed by atoms with van der Waals surface area (Å²) in [5.41, 5.74) is 2.02. The summed E-state index contributed by atoms with van der Waals surface area (Å²) < 4.78 is 5.22. The first-order chi connectivity index (χ1) is 10.3. The molecule has 106 valence electrons. The molecule has 0 saturated heterocycles. The largest absolute Gasteiger partial charge is 0.508 e. The average molecular weight is 283 g/mol. The number of pyridine rings is 1. The number of hydrogen-bond acceptors (Lipinski definition) is 6. The second-order valence-corrected chi connectivity index (χ2v) is 4.50. The number of benzene rings is 1. The minimum atomic E-state index is 0.00587. The molecule has 3 aromatic rings. The maximum absolute atomic E-state index is 9.72. The molecule has 0 spiro atoms. The predicted molar refractivity (Wildman–Crippen MR) is 75.4 cm³/mol. The third-order valence-corrected chi connectivity index (χ3v) is 2.95. The molecule has 0 unspecified atom stereocenters. The molecule has 3 rings (SSSR count). The van der Waals surface area contributed by atoms with Crippen molar-refractivity contribution in [3.63, 3.8) is 0 Å². The smallest absolute Gasteiger partial charge is 0.258 e. The molecule has 6 nitrogen and oxygen atoms in total. The van der Waals surface area contributed by atoms with Gasteiger partial charge in [0, 0.05) is 18.4 Å². The van der Waals surface area contributed by atoms with Crippen LogP contribution in [0.3, 0.4) is 0 Å². The number of rotatable bonds is 4. The molecule has 0 bridgehead atoms. The third kappa shape index (κ3) is 2.90. The van der Waals surface area contributed by atoms with Gasteiger partial charge in [-0.05, 0) is 42.3 Å². The van der Waals surface area contributed by atoms with Gasteiger partial charge >= 0.3 is 0 Å². The molecule has 0 fully saturated rings. The molecule has 2 aromatic heterocycles. The molecule has 0 aliphatic heterocycles. The number of hydrogen-bond donors (Lipinski definition) is 2. The van der Waals surface area contributed by atoms with E-state index in [9.17, 15) is 5.11 Å². The van der Waals surface area contributed by atoms with Crippen molar-refractivity contribution in [2.45, 2.75) is 6.42 Å². The van der Waals surface area contributed by atoms with E-state index in [0.717, 1.165) is 5.56 Å². The molecule has 6 heteroatoms. The van der Waals surface area contributed by atoms with Crippen LogP contribution in [-0.2, 0) is 6.42 Å². The molecule has 0 radical (unpaired) electrons. The van der Waals surface area contributed by atoms with Gasteiger partial charge < -0.3 is 14.7 Å². The van der Waals surface area contributed by atoms with Gasteiger partial charge in [-0.1, -0.05) is 11.2 Å². The second kappa shape index (κ2) is 5.72. The zero-order chi connectivity index (χ0) is 14.7. The fraction of sp³-hybridized carbons (Fsp3) is 0.133. The highest BCUT2D eigenvalue weighted by molar-refractivity contribution is 5.60. The summed E-state index contributed by atoms with van der Waals surface area (Å²) in [5.74, 6) is 0.775. The van der Waals surface area contributed by atoms with E-state index in [1.165, 1.54) is 6.07 Å². The molecule has 2 N–H and O–H groups in total. The topological polar surface area (TPSA) is 92.3 Å². The molecule has 0 aliphatic rings. The number of phenols is 1. The Morgan fingerprint density at radius 3 is 2.81 bits per heavy atom. The van der Waals surface area contributed by atoms with E-state index in [1.54, 1.807) is 30.5 Å². The molecule has 2 heterocycles. The van der Waals surface area contributed by atoms with Gasteiger partial charge in [-0.15, -0.1) is 0 Å². The van der Waals surface area contributed by atoms with Crippen LogP contribution in [0.1, 0.15) is 5.56 Å². The van der Waals surface area contributed by atoms with Gasteiger partial charge in [0.2, 0.25) is 5.82 Å². The van der Waals surface area contributed by atoms with Crippen LogP contribution >= 0.6 is 0 Å². The van der Waals surface area contributed by atoms with Gasteiger partial charge in [-0.3, -0.25) is 4.98 Å². The monoisotopic (exact) mass is 283 g/mol. The zero-order valence-electron chi connectivity index (χ0n) is 11.1. The van der Waals surface area contributed by atoms with E-state index < -0.39 is 0 Å². The van der Waals surface area contributed by atoms with Crippen LogP contribution in [0, 0.1) is 0 Å². The summed E-state index contributed by atoms with van der Waals surface area (Å²) in [6.07, 6.45) is 2.10. The highest BCUT2D eigenvalue weighted by Gasteiger charge is 2.12. The van der Waals surface area contributed by atoms with E-state index in [-0.39, 0.29) is 12.4 Å². The van der Waals surface area contributed by atoms with E-state index >= 15 is 0 Å². The summed E-state index contributed by atoms with van der Waals surface area (Å²) in [6.45, 7) is 0.00587. The molecular formula is C15H13N3O3. The van der Waals surface area contributed by atoms with Gasteiger partial charge in [-0.25, -0.2) is 0 Å². The van der Waals surface area contributed by atoms with Crippen molar-refractivity contribution in [1.29, 1.82) is 0 Å². The van der Waals surface area contributed by atoms with Gasteiger partial charge in [0.15, 0.2) is 0 Å². The van der Waals surface area contributed by atoms with E-state index in [0.29, 0.717) is 29.4 Å². The Balaban J connectivity index is 1.96. The summed E-state index contributed by atoms with van der Waals surface area (Å²) in [5, 5.41) is 22.6. The summed E-state index contributed by atoms with van der Waals surface area (Å²) in [6, 6.07) is 10.4. The molecular weight excluding hydrogens is 270 g/mol. The third-order valence-electron chi connectivity index (χ3n) is 2.95. The number of aliphatic hydroxyl groups is 1. The fourth-order valence-corrected chi connectivity index (χ4v) is 2.01. The van der Waals surface area contributed by atoms with Crippen molar-refractivity contribution in [1.82, 2.24) is 15.1 Å². The highest BCUT2D eigenvalue weighted by atomic mass is 16.5. The van der Waals surface area contributed by atoms with Crippen LogP contribution < -0.4 is 0 Å². The summed E-state index contributed by atoms with van der Waals surface area (Å²) >= 11 is 0. The van der Waals surface area contributed by atoms with Crippen molar-refractivity contribution >= 4 is 0 Å². The molecule has 21 heavy (non-hydrogen) atoms. The molecule has 1 aromatic carbocycles. The lowest BCUT2D eigenvalue weighted by molar-refractivity contribution is 0.299. The van der Waals surface area contributed by atoms with Crippen LogP contribution in [-0.4, -0.2) is 31.9 Å².